The Balaban J connectivity index is 2.07. The van der Waals surface area contributed by atoms with Gasteiger partial charge in [0.05, 0.1) is 24.1 Å². The monoisotopic (exact) mass is 491 g/mol. The Morgan fingerprint density at radius 2 is 1.63 bits per heavy atom. The van der Waals surface area contributed by atoms with Gasteiger partial charge in [-0.25, -0.2) is 4.79 Å². The lowest BCUT2D eigenvalue weighted by molar-refractivity contribution is -0.164. The van der Waals surface area contributed by atoms with E-state index in [2.05, 4.69) is 39.0 Å². The van der Waals surface area contributed by atoms with Gasteiger partial charge in [-0.15, -0.1) is 0 Å². The highest BCUT2D eigenvalue weighted by atomic mass is 35.5. The molecule has 1 fully saturated rings. The van der Waals surface area contributed by atoms with Crippen LogP contribution in [-0.4, -0.2) is 23.7 Å². The number of methoxy groups -OCH3 is 1. The van der Waals surface area contributed by atoms with Crippen LogP contribution < -0.4 is 0 Å². The van der Waals surface area contributed by atoms with Gasteiger partial charge in [0, 0.05) is 22.1 Å². The summed E-state index contributed by atoms with van der Waals surface area (Å²) in [7, 11) is 1.41. The second-order valence-corrected chi connectivity index (χ2v) is 10.9. The van der Waals surface area contributed by atoms with Crippen molar-refractivity contribution >= 4 is 17.6 Å². The molecule has 4 rings (SSSR count). The largest absolute Gasteiger partial charge is 0.467 e. The number of aryl methyl sites for hydroxylation is 2. The molecule has 0 amide bonds. The summed E-state index contributed by atoms with van der Waals surface area (Å²) in [6.45, 7) is 12.2. The molecule has 3 aromatic rings. The first kappa shape index (κ1) is 25.4. The van der Waals surface area contributed by atoms with Crippen molar-refractivity contribution in [3.8, 4) is 22.4 Å². The van der Waals surface area contributed by atoms with Crippen molar-refractivity contribution in [2.24, 2.45) is 0 Å². The normalized spacial score (nSPS) is 14.6. The van der Waals surface area contributed by atoms with Crippen molar-refractivity contribution in [2.75, 3.05) is 7.11 Å². The summed E-state index contributed by atoms with van der Waals surface area (Å²) in [5.74, 6) is -0.130. The number of esters is 1. The molecule has 1 atom stereocenters. The summed E-state index contributed by atoms with van der Waals surface area (Å²) in [6, 6.07) is 14.2. The molecule has 1 aromatic heterocycles. The second kappa shape index (κ2) is 9.75. The van der Waals surface area contributed by atoms with E-state index in [1.807, 2.05) is 45.0 Å². The lowest BCUT2D eigenvalue weighted by Gasteiger charge is -2.30. The maximum atomic E-state index is 13.2. The fraction of sp³-hybridized carbons (Fsp3) is 0.400. The number of hydrogen-bond donors (Lipinski definition) is 0. The third kappa shape index (κ3) is 5.44. The first-order valence-electron chi connectivity index (χ1n) is 12.1. The van der Waals surface area contributed by atoms with Gasteiger partial charge in [0.15, 0.2) is 6.10 Å². The fourth-order valence-electron chi connectivity index (χ4n) is 4.49. The number of benzene rings is 2. The number of rotatable bonds is 6. The predicted molar refractivity (Wildman–Crippen MR) is 142 cm³/mol. The number of nitrogens with zero attached hydrogens (tertiary/aromatic N) is 1. The quantitative estimate of drug-likeness (QED) is 0.329. The van der Waals surface area contributed by atoms with E-state index >= 15 is 0 Å². The number of hydrogen-bond acceptors (Lipinski definition) is 4. The average molecular weight is 492 g/mol. The molecular formula is C30H34ClNO3. The molecular weight excluding hydrogens is 458 g/mol. The summed E-state index contributed by atoms with van der Waals surface area (Å²) in [4.78, 5) is 18.4. The number of halogens is 1. The van der Waals surface area contributed by atoms with Gasteiger partial charge in [-0.1, -0.05) is 35.9 Å². The lowest BCUT2D eigenvalue weighted by Crippen LogP contribution is -2.30. The van der Waals surface area contributed by atoms with Crippen LogP contribution in [0.5, 0.6) is 0 Å². The third-order valence-electron chi connectivity index (χ3n) is 6.53. The maximum absolute atomic E-state index is 13.2. The first-order chi connectivity index (χ1) is 16.5. The highest BCUT2D eigenvalue weighted by molar-refractivity contribution is 6.30. The molecule has 0 bridgehead atoms. The third-order valence-corrected chi connectivity index (χ3v) is 6.79. The molecule has 1 unspecified atom stereocenters. The van der Waals surface area contributed by atoms with Crippen molar-refractivity contribution in [2.45, 2.75) is 72.0 Å². The SMILES string of the molecule is COC(=O)C(OC(C)(C)C)c1c(C2CC2)nc(-c2ccc(C)c(C)c2)c(C)c1-c1ccc(Cl)cc1. The van der Waals surface area contributed by atoms with E-state index in [0.29, 0.717) is 5.02 Å². The van der Waals surface area contributed by atoms with E-state index in [1.54, 1.807) is 0 Å². The molecule has 2 aromatic carbocycles. The van der Waals surface area contributed by atoms with E-state index < -0.39 is 17.7 Å². The van der Waals surface area contributed by atoms with Gasteiger partial charge in [0.2, 0.25) is 0 Å². The Hall–Kier alpha value is -2.69. The van der Waals surface area contributed by atoms with Gasteiger partial charge in [-0.2, -0.15) is 0 Å². The Labute approximate surface area is 213 Å². The number of carbonyl (C=O) groups is 1. The smallest absolute Gasteiger partial charge is 0.339 e. The van der Waals surface area contributed by atoms with E-state index in [0.717, 1.165) is 52.0 Å². The highest BCUT2D eigenvalue weighted by Crippen LogP contribution is 2.49. The minimum Gasteiger partial charge on any atom is -0.467 e. The van der Waals surface area contributed by atoms with Crippen molar-refractivity contribution in [3.63, 3.8) is 0 Å². The van der Waals surface area contributed by atoms with Crippen molar-refractivity contribution < 1.29 is 14.3 Å². The molecule has 0 aliphatic heterocycles. The van der Waals surface area contributed by atoms with Crippen LogP contribution in [0.1, 0.15) is 73.6 Å². The Bertz CT molecular complexity index is 1250. The van der Waals surface area contributed by atoms with E-state index in [9.17, 15) is 4.79 Å². The van der Waals surface area contributed by atoms with Crippen LogP contribution in [0.4, 0.5) is 0 Å². The fourth-order valence-corrected chi connectivity index (χ4v) is 4.62. The molecule has 1 heterocycles. The zero-order valence-electron chi connectivity index (χ0n) is 21.7. The molecule has 0 saturated heterocycles. The maximum Gasteiger partial charge on any atom is 0.339 e. The van der Waals surface area contributed by atoms with Crippen LogP contribution in [0.2, 0.25) is 5.02 Å². The van der Waals surface area contributed by atoms with E-state index in [4.69, 9.17) is 26.1 Å². The molecule has 0 spiro atoms. The number of ether oxygens (including phenoxy) is 2. The zero-order chi connectivity index (χ0) is 25.5. The molecule has 1 aliphatic carbocycles. The summed E-state index contributed by atoms with van der Waals surface area (Å²) >= 11 is 6.24. The van der Waals surface area contributed by atoms with E-state index in [1.165, 1.54) is 18.2 Å². The van der Waals surface area contributed by atoms with Gasteiger partial charge in [-0.3, -0.25) is 4.98 Å². The standard InChI is InChI=1S/C30H34ClNO3/c1-17-8-9-22(16-18(17)2)26-19(3)24(20-12-14-23(31)15-13-20)25(27(32-26)21-10-11-21)28(29(33)34-7)35-30(4,5)6/h8-9,12-16,21,28H,10-11H2,1-7H3. The first-order valence-corrected chi connectivity index (χ1v) is 12.5. The summed E-state index contributed by atoms with van der Waals surface area (Å²) in [5.41, 5.74) is 8.58. The molecule has 5 heteroatoms. The van der Waals surface area contributed by atoms with Crippen LogP contribution in [0, 0.1) is 20.8 Å². The Morgan fingerprint density at radius 1 is 1.00 bits per heavy atom. The average Bonchev–Trinajstić information content (AvgIpc) is 3.64. The van der Waals surface area contributed by atoms with Gasteiger partial charge < -0.3 is 9.47 Å². The number of aromatic nitrogens is 1. The molecule has 0 N–H and O–H groups in total. The Morgan fingerprint density at radius 3 is 2.17 bits per heavy atom. The van der Waals surface area contributed by atoms with Crippen LogP contribution >= 0.6 is 11.6 Å². The highest BCUT2D eigenvalue weighted by Gasteiger charge is 2.39. The van der Waals surface area contributed by atoms with Crippen molar-refractivity contribution in [1.29, 1.82) is 0 Å². The number of carbonyl (C=O) groups excluding carboxylic acids is 1. The van der Waals surface area contributed by atoms with Crippen molar-refractivity contribution in [3.05, 3.63) is 75.4 Å². The van der Waals surface area contributed by atoms with Crippen LogP contribution in [0.25, 0.3) is 22.4 Å². The lowest BCUT2D eigenvalue weighted by atomic mass is 9.87. The molecule has 0 radical (unpaired) electrons. The van der Waals surface area contributed by atoms with Gasteiger partial charge in [0.1, 0.15) is 0 Å². The van der Waals surface area contributed by atoms with E-state index in [-0.39, 0.29) is 5.92 Å². The molecule has 184 valence electrons. The summed E-state index contributed by atoms with van der Waals surface area (Å²) in [5, 5.41) is 0.661. The van der Waals surface area contributed by atoms with Gasteiger partial charge in [-0.05, 0) is 100 Å². The predicted octanol–water partition coefficient (Wildman–Crippen LogP) is 7.90. The molecule has 1 saturated carbocycles. The number of pyridine rings is 1. The molecule has 35 heavy (non-hydrogen) atoms. The minimum atomic E-state index is -0.888. The van der Waals surface area contributed by atoms with Gasteiger partial charge >= 0.3 is 5.97 Å². The van der Waals surface area contributed by atoms with Crippen molar-refractivity contribution in [1.82, 2.24) is 4.98 Å². The Kier molecular flexibility index (Phi) is 7.08. The zero-order valence-corrected chi connectivity index (χ0v) is 22.4. The molecule has 4 nitrogen and oxygen atoms in total. The minimum absolute atomic E-state index is 0.290. The van der Waals surface area contributed by atoms with Crippen LogP contribution in [-0.2, 0) is 14.3 Å². The van der Waals surface area contributed by atoms with Crippen LogP contribution in [0.15, 0.2) is 42.5 Å². The summed E-state index contributed by atoms with van der Waals surface area (Å²) in [6.07, 6.45) is 1.19. The van der Waals surface area contributed by atoms with Gasteiger partial charge in [0.25, 0.3) is 0 Å². The molecule has 1 aliphatic rings. The topological polar surface area (TPSA) is 48.4 Å². The van der Waals surface area contributed by atoms with Crippen LogP contribution in [0.3, 0.4) is 0 Å². The second-order valence-electron chi connectivity index (χ2n) is 10.5. The summed E-state index contributed by atoms with van der Waals surface area (Å²) < 4.78 is 11.6.